The van der Waals surface area contributed by atoms with Crippen molar-refractivity contribution in [2.24, 2.45) is 5.92 Å². The molecule has 1 aromatic rings. The topological polar surface area (TPSA) is 92.2 Å². The average Bonchev–Trinajstić information content (AvgIpc) is 2.86. The molecule has 1 heterocycles. The monoisotopic (exact) mass is 297 g/mol. The number of rotatable bonds is 4. The summed E-state index contributed by atoms with van der Waals surface area (Å²) < 4.78 is 3.80. The van der Waals surface area contributed by atoms with Crippen molar-refractivity contribution in [1.82, 2.24) is 14.9 Å². The van der Waals surface area contributed by atoms with Crippen LogP contribution < -0.4 is 5.32 Å². The van der Waals surface area contributed by atoms with Crippen LogP contribution in [0.2, 0.25) is 0 Å². The number of carbonyl (C=O) groups excluding carboxylic acids is 1. The molecule has 0 spiro atoms. The van der Waals surface area contributed by atoms with Gasteiger partial charge >= 0.3 is 5.97 Å². The van der Waals surface area contributed by atoms with Gasteiger partial charge in [0.2, 0.25) is 0 Å². The standard InChI is InChI=1S/C13H19N3O3S/c1-3-9-10(20-16-15-9)11(17)14-13(2)7-5-4-6-8(13)12(18)19/h8H,3-7H2,1-2H3,(H,14,17)(H,18,19). The number of carbonyl (C=O) groups is 2. The third kappa shape index (κ3) is 2.82. The summed E-state index contributed by atoms with van der Waals surface area (Å²) in [6.45, 7) is 3.73. The molecule has 0 bridgehead atoms. The molecule has 0 saturated heterocycles. The van der Waals surface area contributed by atoms with Gasteiger partial charge in [0.05, 0.1) is 17.2 Å². The summed E-state index contributed by atoms with van der Waals surface area (Å²) >= 11 is 1.06. The van der Waals surface area contributed by atoms with Gasteiger partial charge in [-0.1, -0.05) is 24.3 Å². The molecule has 0 aliphatic heterocycles. The van der Waals surface area contributed by atoms with Crippen molar-refractivity contribution < 1.29 is 14.7 Å². The number of nitrogens with zero attached hydrogens (tertiary/aromatic N) is 2. The van der Waals surface area contributed by atoms with Gasteiger partial charge in [0.25, 0.3) is 5.91 Å². The first kappa shape index (κ1) is 14.9. The number of aromatic nitrogens is 2. The Morgan fingerprint density at radius 3 is 2.90 bits per heavy atom. The first-order valence-electron chi connectivity index (χ1n) is 6.84. The second kappa shape index (κ2) is 5.87. The highest BCUT2D eigenvalue weighted by Crippen LogP contribution is 2.34. The second-order valence-electron chi connectivity index (χ2n) is 5.41. The zero-order valence-electron chi connectivity index (χ0n) is 11.7. The van der Waals surface area contributed by atoms with Gasteiger partial charge in [-0.05, 0) is 37.7 Å². The molecular formula is C13H19N3O3S. The Kier molecular flexibility index (Phi) is 4.37. The predicted octanol–water partition coefficient (Wildman–Crippen LogP) is 1.86. The summed E-state index contributed by atoms with van der Waals surface area (Å²) in [6.07, 6.45) is 3.75. The molecule has 110 valence electrons. The van der Waals surface area contributed by atoms with Gasteiger partial charge in [0, 0.05) is 0 Å². The second-order valence-corrected chi connectivity index (χ2v) is 6.16. The Bertz CT molecular complexity index is 517. The number of amides is 1. The van der Waals surface area contributed by atoms with E-state index in [2.05, 4.69) is 14.9 Å². The van der Waals surface area contributed by atoms with E-state index in [1.165, 1.54) is 0 Å². The number of carboxylic acid groups (broad SMARTS) is 1. The molecule has 1 aromatic heterocycles. The summed E-state index contributed by atoms with van der Waals surface area (Å²) in [5.41, 5.74) is -0.0327. The van der Waals surface area contributed by atoms with Gasteiger partial charge in [-0.2, -0.15) is 0 Å². The van der Waals surface area contributed by atoms with Crippen molar-refractivity contribution in [3.63, 3.8) is 0 Å². The highest BCUT2D eigenvalue weighted by Gasteiger charge is 2.42. The number of nitrogens with one attached hydrogen (secondary N) is 1. The first-order valence-corrected chi connectivity index (χ1v) is 7.62. The van der Waals surface area contributed by atoms with Crippen molar-refractivity contribution in [3.05, 3.63) is 10.6 Å². The van der Waals surface area contributed by atoms with Crippen LogP contribution in [-0.4, -0.2) is 32.1 Å². The van der Waals surface area contributed by atoms with Crippen LogP contribution in [0.5, 0.6) is 0 Å². The molecule has 0 radical (unpaired) electrons. The third-order valence-electron chi connectivity index (χ3n) is 4.00. The number of hydrogen-bond acceptors (Lipinski definition) is 5. The van der Waals surface area contributed by atoms with E-state index in [-0.39, 0.29) is 5.91 Å². The van der Waals surface area contributed by atoms with E-state index >= 15 is 0 Å². The molecule has 1 amide bonds. The van der Waals surface area contributed by atoms with Gasteiger partial charge in [-0.15, -0.1) is 5.10 Å². The maximum atomic E-state index is 12.4. The Balaban J connectivity index is 2.18. The zero-order chi connectivity index (χ0) is 14.8. The minimum absolute atomic E-state index is 0.257. The van der Waals surface area contributed by atoms with Gasteiger partial charge < -0.3 is 10.4 Å². The highest BCUT2D eigenvalue weighted by atomic mass is 32.1. The molecule has 1 fully saturated rings. The largest absolute Gasteiger partial charge is 0.481 e. The number of aliphatic carboxylic acids is 1. The van der Waals surface area contributed by atoms with E-state index < -0.39 is 17.4 Å². The van der Waals surface area contributed by atoms with Crippen molar-refractivity contribution in [1.29, 1.82) is 0 Å². The summed E-state index contributed by atoms with van der Waals surface area (Å²) in [5.74, 6) is -1.63. The van der Waals surface area contributed by atoms with Crippen LogP contribution in [0, 0.1) is 5.92 Å². The molecule has 2 unspecified atom stereocenters. The fraction of sp³-hybridized carbons (Fsp3) is 0.692. The maximum Gasteiger partial charge on any atom is 0.308 e. The number of carboxylic acids is 1. The average molecular weight is 297 g/mol. The van der Waals surface area contributed by atoms with Crippen LogP contribution >= 0.6 is 11.5 Å². The molecular weight excluding hydrogens is 278 g/mol. The lowest BCUT2D eigenvalue weighted by Crippen LogP contribution is -2.55. The van der Waals surface area contributed by atoms with Crippen LogP contribution in [0.1, 0.15) is 54.9 Å². The van der Waals surface area contributed by atoms with E-state index in [0.29, 0.717) is 29.8 Å². The normalized spacial score (nSPS) is 26.2. The quantitative estimate of drug-likeness (QED) is 0.885. The summed E-state index contributed by atoms with van der Waals surface area (Å²) in [5, 5.41) is 16.2. The van der Waals surface area contributed by atoms with Crippen LogP contribution in [-0.2, 0) is 11.2 Å². The smallest absolute Gasteiger partial charge is 0.308 e. The minimum atomic E-state index is -0.842. The van der Waals surface area contributed by atoms with E-state index in [0.717, 1.165) is 24.4 Å². The van der Waals surface area contributed by atoms with Crippen molar-refractivity contribution in [2.45, 2.75) is 51.5 Å². The lowest BCUT2D eigenvalue weighted by molar-refractivity contribution is -0.145. The number of aryl methyl sites for hydroxylation is 1. The molecule has 1 saturated carbocycles. The summed E-state index contributed by atoms with van der Waals surface area (Å²) in [4.78, 5) is 24.2. The van der Waals surface area contributed by atoms with E-state index in [9.17, 15) is 14.7 Å². The first-order chi connectivity index (χ1) is 9.48. The SMILES string of the molecule is CCc1nnsc1C(=O)NC1(C)CCCCC1C(=O)O. The molecule has 0 aromatic carbocycles. The van der Waals surface area contributed by atoms with Crippen LogP contribution in [0.15, 0.2) is 0 Å². The van der Waals surface area contributed by atoms with E-state index in [1.54, 1.807) is 0 Å². The molecule has 6 nitrogen and oxygen atoms in total. The molecule has 1 aliphatic carbocycles. The third-order valence-corrected chi connectivity index (χ3v) is 4.77. The van der Waals surface area contributed by atoms with Crippen LogP contribution in [0.4, 0.5) is 0 Å². The fourth-order valence-corrected chi connectivity index (χ4v) is 3.45. The lowest BCUT2D eigenvalue weighted by atomic mass is 9.74. The Morgan fingerprint density at radius 1 is 1.50 bits per heavy atom. The van der Waals surface area contributed by atoms with Gasteiger partial charge in [-0.25, -0.2) is 0 Å². The zero-order valence-corrected chi connectivity index (χ0v) is 12.5. The molecule has 7 heteroatoms. The molecule has 1 aliphatic rings. The van der Waals surface area contributed by atoms with Crippen LogP contribution in [0.3, 0.4) is 0 Å². The Labute approximate surface area is 121 Å². The molecule has 2 N–H and O–H groups in total. The molecule has 2 atom stereocenters. The molecule has 20 heavy (non-hydrogen) atoms. The van der Waals surface area contributed by atoms with E-state index in [1.807, 2.05) is 13.8 Å². The van der Waals surface area contributed by atoms with Crippen molar-refractivity contribution in [2.75, 3.05) is 0 Å². The van der Waals surface area contributed by atoms with Crippen LogP contribution in [0.25, 0.3) is 0 Å². The Morgan fingerprint density at radius 2 is 2.25 bits per heavy atom. The maximum absolute atomic E-state index is 12.4. The predicted molar refractivity (Wildman–Crippen MR) is 74.8 cm³/mol. The Hall–Kier alpha value is -1.50. The fourth-order valence-electron chi connectivity index (χ4n) is 2.81. The van der Waals surface area contributed by atoms with Gasteiger partial charge in [-0.3, -0.25) is 9.59 Å². The lowest BCUT2D eigenvalue weighted by Gasteiger charge is -2.39. The minimum Gasteiger partial charge on any atom is -0.481 e. The summed E-state index contributed by atoms with van der Waals surface area (Å²) in [6, 6.07) is 0. The van der Waals surface area contributed by atoms with Crippen molar-refractivity contribution in [3.8, 4) is 0 Å². The molecule has 2 rings (SSSR count). The summed E-state index contributed by atoms with van der Waals surface area (Å²) in [7, 11) is 0. The van der Waals surface area contributed by atoms with Gasteiger partial charge in [0.15, 0.2) is 0 Å². The van der Waals surface area contributed by atoms with E-state index in [4.69, 9.17) is 0 Å². The van der Waals surface area contributed by atoms with Gasteiger partial charge in [0.1, 0.15) is 4.88 Å². The highest BCUT2D eigenvalue weighted by molar-refractivity contribution is 7.08. The number of hydrogen-bond donors (Lipinski definition) is 2. The van der Waals surface area contributed by atoms with Crippen molar-refractivity contribution >= 4 is 23.4 Å².